The van der Waals surface area contributed by atoms with Gasteiger partial charge in [0.15, 0.2) is 0 Å². The summed E-state index contributed by atoms with van der Waals surface area (Å²) in [6.07, 6.45) is 0. The van der Waals surface area contributed by atoms with Crippen LogP contribution in [-0.4, -0.2) is 11.0 Å². The molecule has 0 bridgehead atoms. The molecule has 68 valence electrons. The first kappa shape index (κ1) is 141. The number of rotatable bonds is 0. The third kappa shape index (κ3) is 144. The largest absolute Gasteiger partial charge is 3.00 e. The van der Waals surface area contributed by atoms with Crippen LogP contribution in [0.3, 0.4) is 0 Å². The molecule has 0 atom stereocenters. The SMILES string of the molecule is C.C.C.C.CC.O.O.[La+3].[Mn+2].[Nd+3].[Y+3]. The summed E-state index contributed by atoms with van der Waals surface area (Å²) >= 11 is 0. The Labute approximate surface area is 177 Å². The van der Waals surface area contributed by atoms with Gasteiger partial charge < -0.3 is 11.0 Å². The minimum atomic E-state index is 0. The molecule has 0 spiro atoms. The van der Waals surface area contributed by atoms with Crippen molar-refractivity contribution in [1.29, 1.82) is 0 Å². The molecule has 0 fully saturated rings. The molecular weight excluding hydrogens is 531 g/mol. The van der Waals surface area contributed by atoms with Crippen molar-refractivity contribution in [2.24, 2.45) is 0 Å². The van der Waals surface area contributed by atoms with Gasteiger partial charge in [0, 0.05) is 0 Å². The van der Waals surface area contributed by atoms with Gasteiger partial charge in [0.05, 0.1) is 0 Å². The summed E-state index contributed by atoms with van der Waals surface area (Å²) in [5, 5.41) is 0. The van der Waals surface area contributed by atoms with Gasteiger partial charge in [-0.1, -0.05) is 43.6 Å². The zero-order chi connectivity index (χ0) is 2.00. The van der Waals surface area contributed by atoms with Gasteiger partial charge in [-0.25, -0.2) is 0 Å². The molecule has 0 aliphatic heterocycles. The normalized spacial score (nSPS) is 0.500. The summed E-state index contributed by atoms with van der Waals surface area (Å²) in [5.41, 5.74) is 0. The fourth-order valence-corrected chi connectivity index (χ4v) is 0. The number of hydrogen-bond donors (Lipinski definition) is 0. The van der Waals surface area contributed by atoms with Gasteiger partial charge in [-0.2, -0.15) is 0 Å². The van der Waals surface area contributed by atoms with E-state index in [9.17, 15) is 0 Å². The van der Waals surface area contributed by atoms with E-state index in [4.69, 9.17) is 0 Å². The predicted molar refractivity (Wildman–Crippen MR) is 45.5 cm³/mol. The Morgan fingerprint density at radius 1 is 0.667 bits per heavy atom. The van der Waals surface area contributed by atoms with Crippen LogP contribution in [0.2, 0.25) is 0 Å². The first-order chi connectivity index (χ1) is 1.00. The summed E-state index contributed by atoms with van der Waals surface area (Å²) in [6.45, 7) is 4.00. The molecule has 0 aromatic rings. The van der Waals surface area contributed by atoms with Crippen molar-refractivity contribution in [2.45, 2.75) is 43.6 Å². The molecule has 0 aromatic carbocycles. The average molecular weight is 557 g/mol. The van der Waals surface area contributed by atoms with Crippen molar-refractivity contribution in [3.05, 3.63) is 0 Å². The Morgan fingerprint density at radius 3 is 0.667 bits per heavy atom. The Morgan fingerprint density at radius 2 is 0.667 bits per heavy atom. The van der Waals surface area contributed by atoms with Crippen molar-refractivity contribution in [3.63, 3.8) is 0 Å². The van der Waals surface area contributed by atoms with Crippen LogP contribution >= 0.6 is 0 Å². The minimum Gasteiger partial charge on any atom is -0.412 e. The van der Waals surface area contributed by atoms with Crippen molar-refractivity contribution in [3.8, 4) is 0 Å². The van der Waals surface area contributed by atoms with Crippen molar-refractivity contribution >= 4 is 0 Å². The van der Waals surface area contributed by atoms with Gasteiger partial charge in [0.2, 0.25) is 0 Å². The van der Waals surface area contributed by atoms with Gasteiger partial charge in [0.25, 0.3) is 0 Å². The van der Waals surface area contributed by atoms with Gasteiger partial charge in [-0.15, -0.1) is 0 Å². The second-order valence-corrected chi connectivity index (χ2v) is 0. The van der Waals surface area contributed by atoms with Crippen LogP contribution < -0.4 is 0 Å². The van der Waals surface area contributed by atoms with Gasteiger partial charge >= 0.3 is 126 Å². The fourth-order valence-electron chi connectivity index (χ4n) is 0. The Hall–Kier alpha value is 4.09. The van der Waals surface area contributed by atoms with E-state index >= 15 is 0 Å². The van der Waals surface area contributed by atoms with E-state index in [1.54, 1.807) is 0 Å². The van der Waals surface area contributed by atoms with E-state index in [1.807, 2.05) is 13.8 Å². The Bertz CT molecular complexity index is 25.5. The monoisotopic (exact) mass is 555 g/mol. The van der Waals surface area contributed by atoms with Crippen molar-refractivity contribution in [1.82, 2.24) is 0 Å². The second kappa shape index (κ2) is 179. The molecule has 0 unspecified atom stereocenters. The zero-order valence-electron chi connectivity index (χ0n) is 5.03. The molecule has 2 nitrogen and oxygen atoms in total. The van der Waals surface area contributed by atoms with Crippen LogP contribution in [0.25, 0.3) is 0 Å². The van der Waals surface area contributed by atoms with Crippen LogP contribution in [-0.2, 0) is 49.8 Å². The summed E-state index contributed by atoms with van der Waals surface area (Å²) in [6, 6.07) is 0. The van der Waals surface area contributed by atoms with E-state index in [1.165, 1.54) is 0 Å². The van der Waals surface area contributed by atoms with E-state index in [0.29, 0.717) is 0 Å². The number of hydrogen-bond acceptors (Lipinski definition) is 0. The molecule has 12 heavy (non-hydrogen) atoms. The van der Waals surface area contributed by atoms with Gasteiger partial charge in [-0.3, -0.25) is 0 Å². The molecule has 0 amide bonds. The third-order valence-electron chi connectivity index (χ3n) is 0. The first-order valence-corrected chi connectivity index (χ1v) is 1.00. The second-order valence-electron chi connectivity index (χ2n) is 0. The van der Waals surface area contributed by atoms with E-state index in [2.05, 4.69) is 0 Å². The Balaban J connectivity index is -0.000000000111. The van der Waals surface area contributed by atoms with E-state index < -0.39 is 0 Å². The van der Waals surface area contributed by atoms with Gasteiger partial charge in [-0.05, 0) is 0 Å². The van der Waals surface area contributed by atoms with Crippen molar-refractivity contribution < 1.29 is 137 Å². The predicted octanol–water partition coefficient (Wildman–Crippen LogP) is 1.92. The summed E-state index contributed by atoms with van der Waals surface area (Å²) in [5.74, 6) is 0. The maximum Gasteiger partial charge on any atom is 3.00 e. The minimum absolute atomic E-state index is 0. The molecular formula is C6H26LaMnNdO2Y+11. The molecule has 0 saturated heterocycles. The Kier molecular flexibility index (Phi) is 2110. The third-order valence-corrected chi connectivity index (χ3v) is 0. The van der Waals surface area contributed by atoms with Crippen LogP contribution in [0.5, 0.6) is 0 Å². The van der Waals surface area contributed by atoms with Crippen LogP contribution in [0.1, 0.15) is 43.6 Å². The van der Waals surface area contributed by atoms with Gasteiger partial charge in [0.1, 0.15) is 0 Å². The quantitative estimate of drug-likeness (QED) is 0.409. The topological polar surface area (TPSA) is 63.0 Å². The van der Waals surface area contributed by atoms with Crippen LogP contribution in [0.4, 0.5) is 0 Å². The van der Waals surface area contributed by atoms with E-state index in [-0.39, 0.29) is 167 Å². The molecule has 0 heterocycles. The molecule has 2 radical (unpaired) electrons. The summed E-state index contributed by atoms with van der Waals surface area (Å²) in [7, 11) is 0. The standard InChI is InChI=1S/C2H6.4CH4.La.Mn.Nd.2H2O.Y/c1-2;;;;;;;;;;/h1-2H3;4*1H4;;;;2*1H2;/q;;;;;+3;+2;+3;;;+3. The van der Waals surface area contributed by atoms with E-state index in [0.717, 1.165) is 0 Å². The smallest absolute Gasteiger partial charge is 0.412 e. The summed E-state index contributed by atoms with van der Waals surface area (Å²) < 4.78 is 0. The molecule has 6 heteroatoms. The molecule has 4 N–H and O–H groups in total. The maximum atomic E-state index is 2.00. The molecule has 0 aliphatic carbocycles. The summed E-state index contributed by atoms with van der Waals surface area (Å²) in [4.78, 5) is 0. The molecule has 0 aliphatic rings. The zero-order valence-corrected chi connectivity index (χ0v) is 15.9. The van der Waals surface area contributed by atoms with Crippen LogP contribution in [0, 0.1) is 76.4 Å². The van der Waals surface area contributed by atoms with Crippen molar-refractivity contribution in [2.75, 3.05) is 0 Å². The fraction of sp³-hybridized carbons (Fsp3) is 1.00. The molecule has 0 aromatic heterocycles. The average Bonchev–Trinajstić information content (AvgIpc) is 1.00. The molecule has 0 saturated carbocycles. The molecule has 0 rings (SSSR count). The first-order valence-electron chi connectivity index (χ1n) is 1.00. The van der Waals surface area contributed by atoms with Crippen LogP contribution in [0.15, 0.2) is 0 Å². The maximum absolute atomic E-state index is 2.00.